The summed E-state index contributed by atoms with van der Waals surface area (Å²) in [6.07, 6.45) is 3.22. The van der Waals surface area contributed by atoms with Crippen LogP contribution in [-0.4, -0.2) is 26.4 Å². The summed E-state index contributed by atoms with van der Waals surface area (Å²) < 4.78 is 2.05. The minimum Gasteiger partial charge on any atom is -0.508 e. The molecule has 0 amide bonds. The lowest BCUT2D eigenvalue weighted by Crippen LogP contribution is -2.03. The van der Waals surface area contributed by atoms with E-state index in [1.807, 2.05) is 10.8 Å². The van der Waals surface area contributed by atoms with Gasteiger partial charge in [-0.3, -0.25) is 0 Å². The quantitative estimate of drug-likeness (QED) is 0.916. The van der Waals surface area contributed by atoms with E-state index in [1.54, 1.807) is 12.1 Å². The van der Waals surface area contributed by atoms with Gasteiger partial charge in [-0.05, 0) is 12.1 Å². The molecule has 1 aliphatic rings. The van der Waals surface area contributed by atoms with Gasteiger partial charge in [0, 0.05) is 43.7 Å². The van der Waals surface area contributed by atoms with E-state index in [4.69, 9.17) is 28.3 Å². The van der Waals surface area contributed by atoms with Crippen LogP contribution in [0.2, 0.25) is 10.0 Å². The third kappa shape index (κ3) is 2.28. The highest BCUT2D eigenvalue weighted by molar-refractivity contribution is 6.42. The molecule has 4 nitrogen and oxygen atoms in total. The Labute approximate surface area is 126 Å². The van der Waals surface area contributed by atoms with Crippen molar-refractivity contribution in [3.05, 3.63) is 45.5 Å². The molecule has 0 spiro atoms. The van der Waals surface area contributed by atoms with Crippen LogP contribution in [0.1, 0.15) is 23.0 Å². The fourth-order valence-electron chi connectivity index (χ4n) is 2.73. The molecule has 1 unspecified atom stereocenters. The van der Waals surface area contributed by atoms with Gasteiger partial charge in [-0.15, -0.1) is 0 Å². The minimum atomic E-state index is 0.0758. The number of phenolic OH excluding ortho intramolecular Hbond substituents is 1. The van der Waals surface area contributed by atoms with Gasteiger partial charge in [0.15, 0.2) is 0 Å². The molecule has 2 aromatic rings. The summed E-state index contributed by atoms with van der Waals surface area (Å²) in [5, 5.41) is 19.8. The molecular formula is C14H14Cl2N2O2. The van der Waals surface area contributed by atoms with Crippen molar-refractivity contribution in [3.8, 4) is 5.75 Å². The van der Waals surface area contributed by atoms with E-state index in [0.29, 0.717) is 35.0 Å². The largest absolute Gasteiger partial charge is 0.508 e. The second kappa shape index (κ2) is 5.28. The van der Waals surface area contributed by atoms with Crippen LogP contribution in [0.5, 0.6) is 5.75 Å². The predicted molar refractivity (Wildman–Crippen MR) is 77.6 cm³/mol. The van der Waals surface area contributed by atoms with Crippen molar-refractivity contribution in [2.45, 2.75) is 25.3 Å². The SMILES string of the molecule is OCCc1cn2c(n1)CC(c1c(O)ccc(Cl)c1Cl)C2. The number of fused-ring (bicyclic) bond motifs is 1. The number of hydrogen-bond acceptors (Lipinski definition) is 3. The van der Waals surface area contributed by atoms with Gasteiger partial charge in [-0.1, -0.05) is 23.2 Å². The number of aromatic nitrogens is 2. The van der Waals surface area contributed by atoms with Crippen LogP contribution in [0.3, 0.4) is 0 Å². The molecule has 0 fully saturated rings. The van der Waals surface area contributed by atoms with E-state index in [1.165, 1.54) is 0 Å². The van der Waals surface area contributed by atoms with Crippen LogP contribution in [-0.2, 0) is 19.4 Å². The number of phenols is 1. The van der Waals surface area contributed by atoms with Crippen molar-refractivity contribution in [2.24, 2.45) is 0 Å². The van der Waals surface area contributed by atoms with Crippen molar-refractivity contribution in [1.29, 1.82) is 0 Å². The zero-order valence-corrected chi connectivity index (χ0v) is 12.2. The second-order valence-electron chi connectivity index (χ2n) is 4.97. The van der Waals surface area contributed by atoms with Gasteiger partial charge in [0.1, 0.15) is 11.6 Å². The Morgan fingerprint density at radius 1 is 1.35 bits per heavy atom. The number of hydrogen-bond donors (Lipinski definition) is 2. The summed E-state index contributed by atoms with van der Waals surface area (Å²) in [5.74, 6) is 1.20. The van der Waals surface area contributed by atoms with Crippen LogP contribution >= 0.6 is 23.2 Å². The first kappa shape index (κ1) is 13.7. The number of aliphatic hydroxyl groups excluding tert-OH is 1. The van der Waals surface area contributed by atoms with Gasteiger partial charge in [0.2, 0.25) is 0 Å². The van der Waals surface area contributed by atoms with E-state index in [2.05, 4.69) is 4.98 Å². The van der Waals surface area contributed by atoms with E-state index >= 15 is 0 Å². The lowest BCUT2D eigenvalue weighted by Gasteiger charge is -2.14. The molecule has 0 saturated heterocycles. The molecule has 106 valence electrons. The molecule has 20 heavy (non-hydrogen) atoms. The average molecular weight is 313 g/mol. The van der Waals surface area contributed by atoms with Crippen LogP contribution < -0.4 is 0 Å². The first-order chi connectivity index (χ1) is 9.60. The maximum Gasteiger partial charge on any atom is 0.120 e. The van der Waals surface area contributed by atoms with E-state index in [9.17, 15) is 5.11 Å². The highest BCUT2D eigenvalue weighted by Gasteiger charge is 2.29. The lowest BCUT2D eigenvalue weighted by atomic mass is 9.96. The maximum absolute atomic E-state index is 10.0. The third-order valence-electron chi connectivity index (χ3n) is 3.64. The van der Waals surface area contributed by atoms with Gasteiger partial charge in [-0.25, -0.2) is 4.98 Å². The van der Waals surface area contributed by atoms with Crippen molar-refractivity contribution < 1.29 is 10.2 Å². The zero-order chi connectivity index (χ0) is 14.3. The normalized spacial score (nSPS) is 17.4. The van der Waals surface area contributed by atoms with Gasteiger partial charge in [0.05, 0.1) is 15.7 Å². The molecule has 1 aromatic heterocycles. The number of aromatic hydroxyl groups is 1. The van der Waals surface area contributed by atoms with Gasteiger partial charge >= 0.3 is 0 Å². The van der Waals surface area contributed by atoms with Crippen molar-refractivity contribution in [1.82, 2.24) is 9.55 Å². The number of rotatable bonds is 3. The van der Waals surface area contributed by atoms with Gasteiger partial charge in [-0.2, -0.15) is 0 Å². The van der Waals surface area contributed by atoms with Crippen molar-refractivity contribution in [2.75, 3.05) is 6.61 Å². The smallest absolute Gasteiger partial charge is 0.120 e. The summed E-state index contributed by atoms with van der Waals surface area (Å²) in [6, 6.07) is 3.16. The predicted octanol–water partition coefficient (Wildman–Crippen LogP) is 2.77. The van der Waals surface area contributed by atoms with E-state index < -0.39 is 0 Å². The van der Waals surface area contributed by atoms with E-state index in [0.717, 1.165) is 11.5 Å². The first-order valence-electron chi connectivity index (χ1n) is 6.42. The van der Waals surface area contributed by atoms with Crippen LogP contribution in [0, 0.1) is 0 Å². The molecular weight excluding hydrogens is 299 g/mol. The highest BCUT2D eigenvalue weighted by Crippen LogP contribution is 2.41. The summed E-state index contributed by atoms with van der Waals surface area (Å²) >= 11 is 12.2. The second-order valence-corrected chi connectivity index (χ2v) is 5.75. The number of aliphatic hydroxyl groups is 1. The average Bonchev–Trinajstić information content (AvgIpc) is 2.93. The number of halogens is 2. The van der Waals surface area contributed by atoms with Crippen LogP contribution in [0.4, 0.5) is 0 Å². The molecule has 0 radical (unpaired) electrons. The molecule has 3 rings (SSSR count). The Balaban J connectivity index is 1.89. The third-order valence-corrected chi connectivity index (χ3v) is 4.46. The Bertz CT molecular complexity index is 631. The fourth-order valence-corrected chi connectivity index (χ4v) is 3.21. The first-order valence-corrected chi connectivity index (χ1v) is 7.18. The molecule has 6 heteroatoms. The molecule has 0 aliphatic carbocycles. The maximum atomic E-state index is 10.0. The zero-order valence-electron chi connectivity index (χ0n) is 10.7. The van der Waals surface area contributed by atoms with Crippen LogP contribution in [0.15, 0.2) is 18.3 Å². The number of imidazole rings is 1. The number of benzene rings is 1. The molecule has 1 aromatic carbocycles. The summed E-state index contributed by atoms with van der Waals surface area (Å²) in [6.45, 7) is 0.808. The van der Waals surface area contributed by atoms with Crippen LogP contribution in [0.25, 0.3) is 0 Å². The molecule has 1 aliphatic heterocycles. The lowest BCUT2D eigenvalue weighted by molar-refractivity contribution is 0.298. The topological polar surface area (TPSA) is 58.3 Å². The van der Waals surface area contributed by atoms with Crippen molar-refractivity contribution >= 4 is 23.2 Å². The highest BCUT2D eigenvalue weighted by atomic mass is 35.5. The summed E-state index contributed by atoms with van der Waals surface area (Å²) in [5.41, 5.74) is 1.58. The standard InChI is InChI=1S/C14H14Cl2N2O2/c15-10-1-2-11(20)13(14(10)16)8-5-12-17-9(3-4-19)7-18(12)6-8/h1-2,7-8,19-20H,3-6H2. The summed E-state index contributed by atoms with van der Waals surface area (Å²) in [7, 11) is 0. The Hall–Kier alpha value is -1.23. The van der Waals surface area contributed by atoms with Crippen molar-refractivity contribution in [3.63, 3.8) is 0 Å². The Morgan fingerprint density at radius 3 is 2.85 bits per heavy atom. The minimum absolute atomic E-state index is 0.0758. The summed E-state index contributed by atoms with van der Waals surface area (Å²) in [4.78, 5) is 4.48. The van der Waals surface area contributed by atoms with Gasteiger partial charge < -0.3 is 14.8 Å². The molecule has 1 atom stereocenters. The Morgan fingerprint density at radius 2 is 2.15 bits per heavy atom. The molecule has 0 saturated carbocycles. The monoisotopic (exact) mass is 312 g/mol. The fraction of sp³-hybridized carbons (Fsp3) is 0.357. The molecule has 0 bridgehead atoms. The number of nitrogens with zero attached hydrogens (tertiary/aromatic N) is 2. The molecule has 2 heterocycles. The molecule has 2 N–H and O–H groups in total. The Kier molecular flexibility index (Phi) is 3.63. The van der Waals surface area contributed by atoms with E-state index in [-0.39, 0.29) is 18.3 Å². The van der Waals surface area contributed by atoms with Gasteiger partial charge in [0.25, 0.3) is 0 Å².